The summed E-state index contributed by atoms with van der Waals surface area (Å²) in [4.78, 5) is 0. The van der Waals surface area contributed by atoms with E-state index in [0.717, 1.165) is 5.92 Å². The number of hydrogen-bond acceptors (Lipinski definition) is 0. The van der Waals surface area contributed by atoms with E-state index in [1.54, 1.807) is 5.57 Å². The van der Waals surface area contributed by atoms with E-state index in [0.29, 0.717) is 5.41 Å². The molecule has 2 unspecified atom stereocenters. The highest BCUT2D eigenvalue weighted by atomic mass is 14.5. The Morgan fingerprint density at radius 3 is 2.92 bits per heavy atom. The van der Waals surface area contributed by atoms with E-state index in [9.17, 15) is 0 Å². The van der Waals surface area contributed by atoms with Gasteiger partial charge in [0.1, 0.15) is 0 Å². The molecule has 2 rings (SSSR count). The van der Waals surface area contributed by atoms with E-state index in [2.05, 4.69) is 19.9 Å². The van der Waals surface area contributed by atoms with Crippen molar-refractivity contribution in [3.8, 4) is 0 Å². The van der Waals surface area contributed by atoms with Crippen molar-refractivity contribution in [3.05, 3.63) is 11.6 Å². The Morgan fingerprint density at radius 2 is 2.17 bits per heavy atom. The first-order valence-corrected chi connectivity index (χ1v) is 5.43. The van der Waals surface area contributed by atoms with Crippen LogP contribution in [0.2, 0.25) is 0 Å². The van der Waals surface area contributed by atoms with Crippen molar-refractivity contribution in [2.24, 2.45) is 11.3 Å². The van der Waals surface area contributed by atoms with Crippen molar-refractivity contribution < 1.29 is 0 Å². The summed E-state index contributed by atoms with van der Waals surface area (Å²) in [5, 5.41) is 0. The maximum absolute atomic E-state index is 2.50. The van der Waals surface area contributed by atoms with E-state index in [-0.39, 0.29) is 0 Å². The lowest BCUT2D eigenvalue weighted by Crippen LogP contribution is -2.26. The zero-order valence-electron chi connectivity index (χ0n) is 8.40. The minimum Gasteiger partial charge on any atom is -0.0879 e. The molecule has 0 bridgehead atoms. The first-order valence-electron chi connectivity index (χ1n) is 5.43. The normalized spacial score (nSPS) is 44.8. The van der Waals surface area contributed by atoms with Gasteiger partial charge < -0.3 is 0 Å². The molecule has 2 atom stereocenters. The van der Waals surface area contributed by atoms with Gasteiger partial charge in [-0.1, -0.05) is 31.4 Å². The second-order valence-corrected chi connectivity index (χ2v) is 4.71. The van der Waals surface area contributed by atoms with Crippen LogP contribution in [0.15, 0.2) is 11.6 Å². The summed E-state index contributed by atoms with van der Waals surface area (Å²) in [7, 11) is 0. The van der Waals surface area contributed by atoms with E-state index >= 15 is 0 Å². The standard InChI is InChI=1S/C12H20/c1-3-10-7-8-11-6-4-5-9-12(10,11)2/h3,11H,4-9H2,1-2H3/b10-3-. The molecule has 0 aliphatic heterocycles. The third-order valence-corrected chi connectivity index (χ3v) is 4.24. The minimum absolute atomic E-state index is 0.618. The molecule has 0 N–H and O–H groups in total. The second-order valence-electron chi connectivity index (χ2n) is 4.71. The topological polar surface area (TPSA) is 0 Å². The molecular weight excluding hydrogens is 144 g/mol. The molecule has 0 aromatic heterocycles. The van der Waals surface area contributed by atoms with Crippen LogP contribution in [-0.4, -0.2) is 0 Å². The van der Waals surface area contributed by atoms with Crippen molar-refractivity contribution in [2.75, 3.05) is 0 Å². The van der Waals surface area contributed by atoms with Crippen LogP contribution in [0.4, 0.5) is 0 Å². The fourth-order valence-corrected chi connectivity index (χ4v) is 3.38. The highest BCUT2D eigenvalue weighted by Gasteiger charge is 2.42. The predicted octanol–water partition coefficient (Wildman–Crippen LogP) is 3.92. The van der Waals surface area contributed by atoms with Crippen molar-refractivity contribution in [2.45, 2.75) is 52.4 Å². The van der Waals surface area contributed by atoms with E-state index in [1.165, 1.54) is 38.5 Å². The third kappa shape index (κ3) is 1.04. The summed E-state index contributed by atoms with van der Waals surface area (Å²) in [5.41, 5.74) is 2.37. The Kier molecular flexibility index (Phi) is 2.02. The molecule has 0 heteroatoms. The van der Waals surface area contributed by atoms with Gasteiger partial charge in [0, 0.05) is 0 Å². The Morgan fingerprint density at radius 1 is 1.33 bits per heavy atom. The van der Waals surface area contributed by atoms with Crippen molar-refractivity contribution in [3.63, 3.8) is 0 Å². The van der Waals surface area contributed by atoms with Crippen LogP contribution in [0.5, 0.6) is 0 Å². The van der Waals surface area contributed by atoms with Crippen LogP contribution in [0.3, 0.4) is 0 Å². The average molecular weight is 164 g/mol. The maximum atomic E-state index is 2.50. The van der Waals surface area contributed by atoms with Gasteiger partial charge in [0.15, 0.2) is 0 Å². The molecule has 0 spiro atoms. The lowest BCUT2D eigenvalue weighted by Gasteiger charge is -2.37. The molecule has 0 amide bonds. The van der Waals surface area contributed by atoms with Crippen molar-refractivity contribution in [1.82, 2.24) is 0 Å². The van der Waals surface area contributed by atoms with Crippen molar-refractivity contribution in [1.29, 1.82) is 0 Å². The zero-order chi connectivity index (χ0) is 8.60. The predicted molar refractivity (Wildman–Crippen MR) is 53.1 cm³/mol. The minimum atomic E-state index is 0.618. The highest BCUT2D eigenvalue weighted by Crippen LogP contribution is 2.54. The van der Waals surface area contributed by atoms with Gasteiger partial charge in [-0.05, 0) is 43.9 Å². The highest BCUT2D eigenvalue weighted by molar-refractivity contribution is 5.20. The number of rotatable bonds is 0. The smallest absolute Gasteiger partial charge is 0.00881 e. The fourth-order valence-electron chi connectivity index (χ4n) is 3.38. The Balaban J connectivity index is 2.25. The molecule has 0 radical (unpaired) electrons. The van der Waals surface area contributed by atoms with Gasteiger partial charge in [0.25, 0.3) is 0 Å². The van der Waals surface area contributed by atoms with Crippen molar-refractivity contribution >= 4 is 0 Å². The number of fused-ring (bicyclic) bond motifs is 1. The Labute approximate surface area is 76.1 Å². The molecule has 0 heterocycles. The van der Waals surface area contributed by atoms with Crippen LogP contribution in [0.25, 0.3) is 0 Å². The maximum Gasteiger partial charge on any atom is -0.00881 e. The zero-order valence-corrected chi connectivity index (χ0v) is 8.40. The summed E-state index contributed by atoms with van der Waals surface area (Å²) in [6, 6.07) is 0. The first-order chi connectivity index (χ1) is 5.77. The molecule has 0 aromatic rings. The molecule has 12 heavy (non-hydrogen) atoms. The summed E-state index contributed by atoms with van der Waals surface area (Å²) in [5.74, 6) is 1.03. The molecule has 68 valence electrons. The molecule has 2 saturated carbocycles. The van der Waals surface area contributed by atoms with Gasteiger partial charge in [-0.15, -0.1) is 0 Å². The number of hydrogen-bond donors (Lipinski definition) is 0. The third-order valence-electron chi connectivity index (χ3n) is 4.24. The van der Waals surface area contributed by atoms with Gasteiger partial charge in [0.2, 0.25) is 0 Å². The quantitative estimate of drug-likeness (QED) is 0.476. The van der Waals surface area contributed by atoms with Gasteiger partial charge in [-0.25, -0.2) is 0 Å². The van der Waals surface area contributed by atoms with Crippen LogP contribution >= 0.6 is 0 Å². The summed E-state index contributed by atoms with van der Waals surface area (Å²) >= 11 is 0. The molecule has 2 aliphatic carbocycles. The molecule has 0 aromatic carbocycles. The lowest BCUT2D eigenvalue weighted by molar-refractivity contribution is 0.188. The van der Waals surface area contributed by atoms with Crippen LogP contribution < -0.4 is 0 Å². The Hall–Kier alpha value is -0.260. The van der Waals surface area contributed by atoms with Gasteiger partial charge in [-0.3, -0.25) is 0 Å². The molecule has 0 saturated heterocycles. The first kappa shape index (κ1) is 8.34. The van der Waals surface area contributed by atoms with Crippen LogP contribution in [0, 0.1) is 11.3 Å². The van der Waals surface area contributed by atoms with Crippen LogP contribution in [0.1, 0.15) is 52.4 Å². The van der Waals surface area contributed by atoms with Gasteiger partial charge >= 0.3 is 0 Å². The van der Waals surface area contributed by atoms with E-state index < -0.39 is 0 Å². The SMILES string of the molecule is C/C=C1/CCC2CCCCC12C. The van der Waals surface area contributed by atoms with E-state index in [1.807, 2.05) is 0 Å². The molecular formula is C12H20. The van der Waals surface area contributed by atoms with Crippen LogP contribution in [-0.2, 0) is 0 Å². The summed E-state index contributed by atoms with van der Waals surface area (Å²) in [6.45, 7) is 4.72. The summed E-state index contributed by atoms with van der Waals surface area (Å²) in [6.07, 6.45) is 11.1. The monoisotopic (exact) mass is 164 g/mol. The molecule has 2 fully saturated rings. The van der Waals surface area contributed by atoms with E-state index in [4.69, 9.17) is 0 Å². The second kappa shape index (κ2) is 2.90. The lowest BCUT2D eigenvalue weighted by atomic mass is 9.68. The Bertz CT molecular complexity index is 202. The fraction of sp³-hybridized carbons (Fsp3) is 0.833. The van der Waals surface area contributed by atoms with Gasteiger partial charge in [0.05, 0.1) is 0 Å². The largest absolute Gasteiger partial charge is 0.0879 e. The molecule has 2 aliphatic rings. The molecule has 0 nitrogen and oxygen atoms in total. The number of allylic oxidation sites excluding steroid dienone is 2. The van der Waals surface area contributed by atoms with Gasteiger partial charge in [-0.2, -0.15) is 0 Å². The summed E-state index contributed by atoms with van der Waals surface area (Å²) < 4.78 is 0. The average Bonchev–Trinajstić information content (AvgIpc) is 2.41.